The van der Waals surface area contributed by atoms with Gasteiger partial charge < -0.3 is 14.5 Å². The Morgan fingerprint density at radius 3 is 2.41 bits per heavy atom. The zero-order valence-electron chi connectivity index (χ0n) is 18.9. The van der Waals surface area contributed by atoms with Crippen molar-refractivity contribution in [1.82, 2.24) is 9.88 Å². The summed E-state index contributed by atoms with van der Waals surface area (Å²) in [6, 6.07) is 5.26. The number of likely N-dealkylation sites (tertiary alicyclic amines) is 1. The summed E-state index contributed by atoms with van der Waals surface area (Å²) >= 11 is 17.9. The molecule has 1 amide bonds. The largest absolute Gasteiger partial charge is 0.435 e. The Bertz CT molecular complexity index is 1440. The van der Waals surface area contributed by atoms with Crippen LogP contribution in [0.3, 0.4) is 0 Å². The molecule has 8 nitrogen and oxygen atoms in total. The predicted octanol–water partition coefficient (Wildman–Crippen LogP) is 4.24. The predicted molar refractivity (Wildman–Crippen MR) is 128 cm³/mol. The van der Waals surface area contributed by atoms with Crippen molar-refractivity contribution in [2.45, 2.75) is 30.4 Å². The molecule has 37 heavy (non-hydrogen) atoms. The Morgan fingerprint density at radius 2 is 1.81 bits per heavy atom. The van der Waals surface area contributed by atoms with Crippen LogP contribution in [0.1, 0.15) is 28.9 Å². The maximum Gasteiger partial charge on any atom is 0.435 e. The van der Waals surface area contributed by atoms with E-state index in [9.17, 15) is 26.4 Å². The first-order valence-corrected chi connectivity index (χ1v) is 13.9. The third kappa shape index (κ3) is 4.46. The number of hydrogen-bond acceptors (Lipinski definition) is 7. The van der Waals surface area contributed by atoms with Crippen LogP contribution in [0, 0.1) is 0 Å². The number of ether oxygens (including phenoxy) is 1. The Hall–Kier alpha value is -2.12. The molecule has 0 aliphatic carbocycles. The van der Waals surface area contributed by atoms with Gasteiger partial charge in [0.1, 0.15) is 17.1 Å². The summed E-state index contributed by atoms with van der Waals surface area (Å²) in [4.78, 5) is 23.0. The average molecular weight is 599 g/mol. The van der Waals surface area contributed by atoms with E-state index in [2.05, 4.69) is 10.1 Å². The topological polar surface area (TPSA) is 98.2 Å². The minimum atomic E-state index is -4.88. The molecule has 0 bridgehead atoms. The first-order valence-electron chi connectivity index (χ1n) is 10.7. The van der Waals surface area contributed by atoms with Gasteiger partial charge in [-0.15, -0.1) is 0 Å². The molecule has 5 rings (SSSR count). The van der Waals surface area contributed by atoms with Gasteiger partial charge >= 0.3 is 6.18 Å². The van der Waals surface area contributed by atoms with Crippen molar-refractivity contribution < 1.29 is 36.0 Å². The molecule has 1 spiro atoms. The van der Waals surface area contributed by atoms with Gasteiger partial charge in [-0.25, -0.2) is 13.4 Å². The second kappa shape index (κ2) is 8.70. The maximum atomic E-state index is 14.3. The van der Waals surface area contributed by atoms with Gasteiger partial charge in [-0.1, -0.05) is 46.0 Å². The fourth-order valence-electron chi connectivity index (χ4n) is 4.62. The number of alkyl halides is 3. The molecule has 0 radical (unpaired) electrons. The quantitative estimate of drug-likeness (QED) is 0.489. The average Bonchev–Trinajstić information content (AvgIpc) is 3.37. The van der Waals surface area contributed by atoms with Crippen LogP contribution >= 0.6 is 34.8 Å². The fraction of sp³-hybridized carbons (Fsp3) is 0.409. The molecule has 1 atom stereocenters. The second-order valence-electron chi connectivity index (χ2n) is 9.18. The Labute approximate surface area is 224 Å². The molecule has 1 aromatic heterocycles. The molecule has 3 aliphatic rings. The van der Waals surface area contributed by atoms with E-state index in [1.165, 1.54) is 11.0 Å². The summed E-state index contributed by atoms with van der Waals surface area (Å²) in [5.74, 6) is -1.13. The van der Waals surface area contributed by atoms with Crippen molar-refractivity contribution in [3.8, 4) is 0 Å². The molecular formula is C22H17Cl3F3N3O5S. The Balaban J connectivity index is 1.38. The molecule has 0 N–H and O–H groups in total. The third-order valence-electron chi connectivity index (χ3n) is 6.51. The number of pyridine rings is 1. The standard InChI is InChI=1S/C22H17Cl3F3N3O5S/c1-37(33,34)8-18(32)31-9-20(10-31)12-2-3-15(29-17(12)7-35-20)16-6-21(36-30-16,22(26,27)28)11-4-13(23)19(25)14(24)5-11/h2-5H,6-10H2,1H3. The van der Waals surface area contributed by atoms with Gasteiger partial charge in [0.15, 0.2) is 9.84 Å². The van der Waals surface area contributed by atoms with Crippen LogP contribution in [0.25, 0.3) is 0 Å². The molecule has 198 valence electrons. The van der Waals surface area contributed by atoms with Crippen molar-refractivity contribution in [2.24, 2.45) is 5.16 Å². The van der Waals surface area contributed by atoms with Crippen molar-refractivity contribution >= 4 is 56.3 Å². The second-order valence-corrected chi connectivity index (χ2v) is 12.5. The van der Waals surface area contributed by atoms with E-state index in [0.717, 1.165) is 18.4 Å². The van der Waals surface area contributed by atoms with Crippen molar-refractivity contribution in [1.29, 1.82) is 0 Å². The normalized spacial score (nSPS) is 22.5. The van der Waals surface area contributed by atoms with Gasteiger partial charge in [-0.05, 0) is 18.2 Å². The van der Waals surface area contributed by atoms with Crippen LogP contribution < -0.4 is 0 Å². The SMILES string of the molecule is CS(=O)(=O)CC(=O)N1CC2(C1)OCc1nc(C3=NOC(c4cc(Cl)c(Cl)c(Cl)c4)(C(F)(F)F)C3)ccc12. The number of benzene rings is 1. The summed E-state index contributed by atoms with van der Waals surface area (Å²) < 4.78 is 71.6. The first-order chi connectivity index (χ1) is 17.1. The van der Waals surface area contributed by atoms with Crippen LogP contribution in [0.5, 0.6) is 0 Å². The van der Waals surface area contributed by atoms with Crippen molar-refractivity contribution in [3.63, 3.8) is 0 Å². The van der Waals surface area contributed by atoms with E-state index >= 15 is 0 Å². The van der Waals surface area contributed by atoms with E-state index in [1.54, 1.807) is 6.07 Å². The highest BCUT2D eigenvalue weighted by Crippen LogP contribution is 2.51. The number of aromatic nitrogens is 1. The van der Waals surface area contributed by atoms with Crippen LogP contribution in [0.15, 0.2) is 29.4 Å². The van der Waals surface area contributed by atoms with E-state index < -0.39 is 45.3 Å². The summed E-state index contributed by atoms with van der Waals surface area (Å²) in [5, 5.41) is 3.32. The number of hydrogen-bond donors (Lipinski definition) is 0. The zero-order valence-corrected chi connectivity index (χ0v) is 22.0. The van der Waals surface area contributed by atoms with Gasteiger partial charge in [-0.3, -0.25) is 4.79 Å². The number of carbonyl (C=O) groups excluding carboxylic acids is 1. The molecule has 0 saturated carbocycles. The number of sulfone groups is 1. The highest BCUT2D eigenvalue weighted by Gasteiger charge is 2.63. The third-order valence-corrected chi connectivity index (χ3v) is 8.48. The van der Waals surface area contributed by atoms with Crippen LogP contribution in [-0.4, -0.2) is 61.2 Å². The number of fused-ring (bicyclic) bond motifs is 2. The number of halogens is 6. The van der Waals surface area contributed by atoms with E-state index in [-0.39, 0.29) is 51.7 Å². The van der Waals surface area contributed by atoms with Gasteiger partial charge in [0.2, 0.25) is 5.91 Å². The highest BCUT2D eigenvalue weighted by molar-refractivity contribution is 7.91. The summed E-state index contributed by atoms with van der Waals surface area (Å²) in [5.41, 5.74) is -2.74. The lowest BCUT2D eigenvalue weighted by Crippen LogP contribution is -2.62. The maximum absolute atomic E-state index is 14.3. The summed E-state index contributed by atoms with van der Waals surface area (Å²) in [6.45, 7) is 0.363. The van der Waals surface area contributed by atoms with E-state index in [1.807, 2.05) is 0 Å². The van der Waals surface area contributed by atoms with Crippen molar-refractivity contribution in [2.75, 3.05) is 25.1 Å². The minimum Gasteiger partial charge on any atom is -0.374 e. The number of oxime groups is 1. The van der Waals surface area contributed by atoms with Crippen LogP contribution in [-0.2, 0) is 42.0 Å². The first kappa shape index (κ1) is 26.5. The van der Waals surface area contributed by atoms with E-state index in [4.69, 9.17) is 44.4 Å². The number of carbonyl (C=O) groups is 1. The van der Waals surface area contributed by atoms with Gasteiger partial charge in [-0.2, -0.15) is 13.2 Å². The van der Waals surface area contributed by atoms with Crippen LogP contribution in [0.4, 0.5) is 13.2 Å². The number of amides is 1. The molecule has 1 saturated heterocycles. The molecule has 4 heterocycles. The number of nitrogens with zero attached hydrogens (tertiary/aromatic N) is 3. The minimum absolute atomic E-state index is 0.0400. The molecule has 1 fully saturated rings. The lowest BCUT2D eigenvalue weighted by atomic mass is 9.85. The van der Waals surface area contributed by atoms with Gasteiger partial charge in [0.25, 0.3) is 5.60 Å². The van der Waals surface area contributed by atoms with Gasteiger partial charge in [0, 0.05) is 17.4 Å². The smallest absolute Gasteiger partial charge is 0.374 e. The molecule has 15 heteroatoms. The Morgan fingerprint density at radius 1 is 1.16 bits per heavy atom. The molecule has 2 aromatic rings. The summed E-state index contributed by atoms with van der Waals surface area (Å²) in [7, 11) is -3.47. The molecule has 3 aliphatic heterocycles. The highest BCUT2D eigenvalue weighted by atomic mass is 35.5. The molecule has 1 aromatic carbocycles. The Kier molecular flexibility index (Phi) is 6.23. The van der Waals surface area contributed by atoms with Crippen molar-refractivity contribution in [3.05, 3.63) is 61.8 Å². The summed E-state index contributed by atoms with van der Waals surface area (Å²) in [6.07, 6.45) is -4.58. The fourth-order valence-corrected chi connectivity index (χ4v) is 5.85. The number of rotatable bonds is 4. The lowest BCUT2D eigenvalue weighted by molar-refractivity contribution is -0.275. The lowest BCUT2D eigenvalue weighted by Gasteiger charge is -2.47. The van der Waals surface area contributed by atoms with E-state index in [0.29, 0.717) is 11.3 Å². The molecule has 1 unspecified atom stereocenters. The van der Waals surface area contributed by atoms with Gasteiger partial charge in [0.05, 0.1) is 52.6 Å². The van der Waals surface area contributed by atoms with Crippen LogP contribution in [0.2, 0.25) is 15.1 Å². The molecular weight excluding hydrogens is 582 g/mol. The zero-order chi connectivity index (χ0) is 27.0. The monoisotopic (exact) mass is 597 g/mol.